The highest BCUT2D eigenvalue weighted by Gasteiger charge is 2.19. The summed E-state index contributed by atoms with van der Waals surface area (Å²) in [6.45, 7) is 1.99. The van der Waals surface area contributed by atoms with Crippen molar-refractivity contribution in [3.05, 3.63) is 18.2 Å². The maximum Gasteiger partial charge on any atom is 0.186 e. The van der Waals surface area contributed by atoms with Gasteiger partial charge in [-0.05, 0) is 35.9 Å². The van der Waals surface area contributed by atoms with Crippen LogP contribution in [-0.2, 0) is 10.8 Å². The Balaban J connectivity index is 2.36. The average molecular weight is 309 g/mol. The summed E-state index contributed by atoms with van der Waals surface area (Å²) in [4.78, 5) is 0. The average Bonchev–Trinajstić information content (AvgIpc) is 2.93. The number of benzene rings is 1. The second-order valence-corrected chi connectivity index (χ2v) is 6.34. The minimum absolute atomic E-state index is 0.0324. The number of ether oxygens (including phenoxy) is 1. The minimum Gasteiger partial charge on any atom is -0.494 e. The summed E-state index contributed by atoms with van der Waals surface area (Å²) in [5, 5.41) is 11.9. The van der Waals surface area contributed by atoms with Crippen molar-refractivity contribution in [3.63, 3.8) is 0 Å². The van der Waals surface area contributed by atoms with E-state index in [1.165, 1.54) is 0 Å². The molecule has 0 bridgehead atoms. The van der Waals surface area contributed by atoms with Crippen LogP contribution in [0.5, 0.6) is 5.75 Å². The van der Waals surface area contributed by atoms with Gasteiger partial charge >= 0.3 is 0 Å². The zero-order chi connectivity index (χ0) is 15.4. The number of nitrogens with two attached hydrogens (primary N) is 1. The zero-order valence-electron chi connectivity index (χ0n) is 12.3. The van der Waals surface area contributed by atoms with Crippen molar-refractivity contribution in [3.8, 4) is 17.1 Å². The Hall–Kier alpha value is -1.96. The fraction of sp³-hybridized carbons (Fsp3) is 0.462. The molecule has 2 atom stereocenters. The molecule has 1 aromatic carbocycles. The second kappa shape index (κ2) is 6.66. The first-order valence-electron chi connectivity index (χ1n) is 6.55. The highest BCUT2D eigenvalue weighted by Crippen LogP contribution is 2.34. The molecule has 2 aromatic rings. The predicted octanol–water partition coefficient (Wildman–Crippen LogP) is 1.26. The third-order valence-electron chi connectivity index (χ3n) is 3.22. The molecule has 0 aliphatic rings. The highest BCUT2D eigenvalue weighted by molar-refractivity contribution is 7.84. The summed E-state index contributed by atoms with van der Waals surface area (Å²) >= 11 is 0. The molecular weight excluding hydrogens is 290 g/mol. The maximum atomic E-state index is 11.2. The minimum atomic E-state index is -0.835. The van der Waals surface area contributed by atoms with E-state index in [9.17, 15) is 4.21 Å². The molecule has 8 heteroatoms. The van der Waals surface area contributed by atoms with Crippen LogP contribution in [0.2, 0.25) is 0 Å². The molecule has 0 aliphatic carbocycles. The Morgan fingerprint density at radius 3 is 2.90 bits per heavy atom. The van der Waals surface area contributed by atoms with Gasteiger partial charge in [0.1, 0.15) is 0 Å². The number of methoxy groups -OCH3 is 1. The van der Waals surface area contributed by atoms with Gasteiger partial charge in [-0.2, -0.15) is 0 Å². The van der Waals surface area contributed by atoms with Crippen molar-refractivity contribution in [2.75, 3.05) is 24.9 Å². The largest absolute Gasteiger partial charge is 0.494 e. The van der Waals surface area contributed by atoms with Crippen LogP contribution in [0.3, 0.4) is 0 Å². The van der Waals surface area contributed by atoms with E-state index in [4.69, 9.17) is 10.5 Å². The van der Waals surface area contributed by atoms with Crippen molar-refractivity contribution in [1.82, 2.24) is 20.2 Å². The van der Waals surface area contributed by atoms with Crippen LogP contribution in [0.4, 0.5) is 5.69 Å². The molecule has 2 N–H and O–H groups in total. The monoisotopic (exact) mass is 309 g/mol. The summed E-state index contributed by atoms with van der Waals surface area (Å²) in [5.74, 6) is 1.75. The second-order valence-electron chi connectivity index (χ2n) is 4.79. The van der Waals surface area contributed by atoms with Crippen LogP contribution in [0.1, 0.15) is 19.4 Å². The first kappa shape index (κ1) is 15.4. The molecule has 1 aromatic heterocycles. The Kier molecular flexibility index (Phi) is 4.89. The van der Waals surface area contributed by atoms with Crippen LogP contribution in [0.25, 0.3) is 11.4 Å². The molecule has 114 valence electrons. The van der Waals surface area contributed by atoms with Crippen LogP contribution in [0.15, 0.2) is 18.2 Å². The highest BCUT2D eigenvalue weighted by atomic mass is 32.2. The fourth-order valence-corrected chi connectivity index (χ4v) is 2.76. The van der Waals surface area contributed by atoms with Gasteiger partial charge in [0, 0.05) is 22.8 Å². The molecule has 2 unspecified atom stereocenters. The van der Waals surface area contributed by atoms with E-state index in [1.807, 2.05) is 19.1 Å². The van der Waals surface area contributed by atoms with Crippen molar-refractivity contribution < 1.29 is 8.95 Å². The molecule has 0 aliphatic heterocycles. The topological polar surface area (TPSA) is 95.9 Å². The van der Waals surface area contributed by atoms with Crippen molar-refractivity contribution >= 4 is 16.5 Å². The normalized spacial score (nSPS) is 13.9. The van der Waals surface area contributed by atoms with E-state index in [1.54, 1.807) is 24.1 Å². The SMILES string of the molecule is COc1c(N)cccc1-c1nnnn1C(C)CCS(C)=O. The third kappa shape index (κ3) is 3.38. The molecule has 2 rings (SSSR count). The van der Waals surface area contributed by atoms with E-state index in [0.29, 0.717) is 23.0 Å². The summed E-state index contributed by atoms with van der Waals surface area (Å²) in [6, 6.07) is 5.49. The van der Waals surface area contributed by atoms with Gasteiger partial charge in [0.15, 0.2) is 11.6 Å². The predicted molar refractivity (Wildman–Crippen MR) is 82.5 cm³/mol. The number of hydrogen-bond acceptors (Lipinski definition) is 6. The zero-order valence-corrected chi connectivity index (χ0v) is 13.1. The maximum absolute atomic E-state index is 11.2. The number of hydrogen-bond donors (Lipinski definition) is 1. The smallest absolute Gasteiger partial charge is 0.186 e. The Bertz CT molecular complexity index is 643. The molecule has 0 saturated carbocycles. The van der Waals surface area contributed by atoms with E-state index >= 15 is 0 Å². The number of rotatable bonds is 6. The molecule has 0 spiro atoms. The van der Waals surface area contributed by atoms with Gasteiger partial charge in [-0.15, -0.1) is 5.10 Å². The lowest BCUT2D eigenvalue weighted by Gasteiger charge is -2.15. The summed E-state index contributed by atoms with van der Waals surface area (Å²) in [6.07, 6.45) is 2.42. The molecule has 1 heterocycles. The lowest BCUT2D eigenvalue weighted by atomic mass is 10.1. The number of para-hydroxylation sites is 1. The van der Waals surface area contributed by atoms with Crippen LogP contribution in [0, 0.1) is 0 Å². The van der Waals surface area contributed by atoms with Crippen LogP contribution in [-0.4, -0.2) is 43.5 Å². The molecule has 21 heavy (non-hydrogen) atoms. The molecule has 0 amide bonds. The van der Waals surface area contributed by atoms with Crippen molar-refractivity contribution in [2.45, 2.75) is 19.4 Å². The fourth-order valence-electron chi connectivity index (χ4n) is 2.09. The van der Waals surface area contributed by atoms with Gasteiger partial charge in [-0.1, -0.05) is 6.07 Å². The van der Waals surface area contributed by atoms with Gasteiger partial charge in [0.25, 0.3) is 0 Å². The van der Waals surface area contributed by atoms with Gasteiger partial charge < -0.3 is 10.5 Å². The van der Waals surface area contributed by atoms with E-state index < -0.39 is 10.8 Å². The Labute approximate surface area is 125 Å². The first-order valence-corrected chi connectivity index (χ1v) is 8.28. The van der Waals surface area contributed by atoms with Gasteiger partial charge in [-0.3, -0.25) is 4.21 Å². The molecule has 0 radical (unpaired) electrons. The van der Waals surface area contributed by atoms with Crippen molar-refractivity contribution in [1.29, 1.82) is 0 Å². The van der Waals surface area contributed by atoms with Crippen LogP contribution >= 0.6 is 0 Å². The summed E-state index contributed by atoms with van der Waals surface area (Å²) in [7, 11) is 0.727. The lowest BCUT2D eigenvalue weighted by Crippen LogP contribution is -2.12. The van der Waals surface area contributed by atoms with E-state index in [0.717, 1.165) is 12.0 Å². The number of tetrazole rings is 1. The van der Waals surface area contributed by atoms with E-state index in [2.05, 4.69) is 15.5 Å². The summed E-state index contributed by atoms with van der Waals surface area (Å²) in [5.41, 5.74) is 7.20. The molecule has 7 nitrogen and oxygen atoms in total. The number of nitrogen functional groups attached to an aromatic ring is 1. The third-order valence-corrected chi connectivity index (χ3v) is 4.03. The number of anilines is 1. The molecule has 0 fully saturated rings. The Morgan fingerprint density at radius 1 is 1.48 bits per heavy atom. The van der Waals surface area contributed by atoms with Crippen molar-refractivity contribution in [2.24, 2.45) is 0 Å². The summed E-state index contributed by atoms with van der Waals surface area (Å²) < 4.78 is 18.3. The van der Waals surface area contributed by atoms with E-state index in [-0.39, 0.29) is 6.04 Å². The molecule has 0 saturated heterocycles. The van der Waals surface area contributed by atoms with Gasteiger partial charge in [-0.25, -0.2) is 4.68 Å². The van der Waals surface area contributed by atoms with Gasteiger partial charge in [0.2, 0.25) is 0 Å². The number of aromatic nitrogens is 4. The first-order chi connectivity index (χ1) is 10.0. The molecular formula is C13H19N5O2S. The Morgan fingerprint density at radius 2 is 2.24 bits per heavy atom. The van der Waals surface area contributed by atoms with Gasteiger partial charge in [0.05, 0.1) is 24.4 Å². The lowest BCUT2D eigenvalue weighted by molar-refractivity contribution is 0.416. The van der Waals surface area contributed by atoms with Crippen LogP contribution < -0.4 is 10.5 Å². The standard InChI is InChI=1S/C13H19N5O2S/c1-9(7-8-21(3)19)18-13(15-16-17-18)10-5-4-6-11(14)12(10)20-2/h4-6,9H,7-8,14H2,1-3H3. The number of nitrogens with zero attached hydrogens (tertiary/aromatic N) is 4. The quantitative estimate of drug-likeness (QED) is 0.807.